The zero-order valence-electron chi connectivity index (χ0n) is 6.61. The van der Waals surface area contributed by atoms with Crippen molar-refractivity contribution in [2.75, 3.05) is 0 Å². The molecule has 0 heterocycles. The number of hydrogen-bond donors (Lipinski definition) is 1. The van der Waals surface area contributed by atoms with Crippen LogP contribution in [0, 0.1) is 23.7 Å². The van der Waals surface area contributed by atoms with E-state index in [2.05, 4.69) is 12.2 Å². The number of aliphatic hydroxyl groups is 1. The Labute approximate surface area is 67.1 Å². The minimum absolute atomic E-state index is 0.0277. The molecule has 3 rings (SSSR count). The summed E-state index contributed by atoms with van der Waals surface area (Å²) in [6, 6.07) is 0. The molecule has 0 unspecified atom stereocenters. The van der Waals surface area contributed by atoms with Crippen LogP contribution in [0.25, 0.3) is 0 Å². The fourth-order valence-electron chi connectivity index (χ4n) is 3.50. The molecule has 1 heteroatoms. The topological polar surface area (TPSA) is 20.2 Å². The van der Waals surface area contributed by atoms with Crippen LogP contribution >= 0.6 is 0 Å². The van der Waals surface area contributed by atoms with E-state index in [0.717, 1.165) is 24.2 Å². The molecule has 0 aromatic carbocycles. The van der Waals surface area contributed by atoms with E-state index in [0.29, 0.717) is 5.92 Å². The van der Waals surface area contributed by atoms with Crippen LogP contribution in [0.3, 0.4) is 0 Å². The number of aliphatic hydroxyl groups excluding tert-OH is 1. The molecule has 11 heavy (non-hydrogen) atoms. The Morgan fingerprint density at radius 1 is 1.09 bits per heavy atom. The summed E-state index contributed by atoms with van der Waals surface area (Å²) in [4.78, 5) is 0. The smallest absolute Gasteiger partial charge is 0.0577 e. The van der Waals surface area contributed by atoms with Crippen LogP contribution in [0.1, 0.15) is 19.3 Å². The monoisotopic (exact) mass is 150 g/mol. The minimum Gasteiger partial charge on any atom is -0.393 e. The SMILES string of the molecule is O[C@@H]1CC[C@@H]2[C@H]1[C@@H]1C=C[C@H]2C1. The third kappa shape index (κ3) is 0.652. The van der Waals surface area contributed by atoms with Gasteiger partial charge in [-0.3, -0.25) is 0 Å². The van der Waals surface area contributed by atoms with Gasteiger partial charge in [0, 0.05) is 0 Å². The minimum atomic E-state index is 0.0277. The molecule has 3 aliphatic carbocycles. The molecule has 0 spiro atoms. The number of hydrogen-bond acceptors (Lipinski definition) is 1. The van der Waals surface area contributed by atoms with E-state index in [4.69, 9.17) is 0 Å². The number of fused-ring (bicyclic) bond motifs is 5. The van der Waals surface area contributed by atoms with Gasteiger partial charge >= 0.3 is 0 Å². The van der Waals surface area contributed by atoms with Gasteiger partial charge in [0.2, 0.25) is 0 Å². The Morgan fingerprint density at radius 2 is 1.91 bits per heavy atom. The van der Waals surface area contributed by atoms with Crippen molar-refractivity contribution in [2.45, 2.75) is 25.4 Å². The molecule has 3 aliphatic rings. The molecule has 0 aromatic rings. The van der Waals surface area contributed by atoms with E-state index in [1.54, 1.807) is 0 Å². The second-order valence-corrected chi connectivity index (χ2v) is 4.33. The average molecular weight is 150 g/mol. The first kappa shape index (κ1) is 6.24. The van der Waals surface area contributed by atoms with E-state index in [9.17, 15) is 5.11 Å². The van der Waals surface area contributed by atoms with Crippen LogP contribution in [0.15, 0.2) is 12.2 Å². The Bertz CT molecular complexity index is 209. The maximum atomic E-state index is 9.69. The molecule has 5 atom stereocenters. The lowest BCUT2D eigenvalue weighted by molar-refractivity contribution is 0.108. The first-order valence-electron chi connectivity index (χ1n) is 4.72. The second kappa shape index (κ2) is 1.89. The summed E-state index contributed by atoms with van der Waals surface area (Å²) >= 11 is 0. The highest BCUT2D eigenvalue weighted by molar-refractivity contribution is 5.16. The summed E-state index contributed by atoms with van der Waals surface area (Å²) < 4.78 is 0. The molecule has 0 aromatic heterocycles. The quantitative estimate of drug-likeness (QED) is 0.520. The highest BCUT2D eigenvalue weighted by Gasteiger charge is 2.50. The van der Waals surface area contributed by atoms with Gasteiger partial charge in [0.1, 0.15) is 0 Å². The van der Waals surface area contributed by atoms with Gasteiger partial charge in [-0.1, -0.05) is 12.2 Å². The lowest BCUT2D eigenvalue weighted by Gasteiger charge is -2.22. The van der Waals surface area contributed by atoms with Gasteiger partial charge in [0.25, 0.3) is 0 Å². The van der Waals surface area contributed by atoms with Gasteiger partial charge in [0.15, 0.2) is 0 Å². The summed E-state index contributed by atoms with van der Waals surface area (Å²) in [5, 5.41) is 9.69. The van der Waals surface area contributed by atoms with Crippen LogP contribution in [0.5, 0.6) is 0 Å². The fourth-order valence-corrected chi connectivity index (χ4v) is 3.50. The van der Waals surface area contributed by atoms with E-state index >= 15 is 0 Å². The Morgan fingerprint density at radius 3 is 2.73 bits per heavy atom. The molecular weight excluding hydrogens is 136 g/mol. The normalized spacial score (nSPS) is 58.8. The fraction of sp³-hybridized carbons (Fsp3) is 0.800. The largest absolute Gasteiger partial charge is 0.393 e. The Balaban J connectivity index is 1.97. The highest BCUT2D eigenvalue weighted by atomic mass is 16.3. The zero-order valence-corrected chi connectivity index (χ0v) is 6.61. The van der Waals surface area contributed by atoms with Crippen molar-refractivity contribution in [1.82, 2.24) is 0 Å². The summed E-state index contributed by atoms with van der Waals surface area (Å²) in [6.07, 6.45) is 8.41. The standard InChI is InChI=1S/C10H14O/c11-9-4-3-8-6-1-2-7(5-6)10(8)9/h1-2,6-11H,3-5H2/t6-,7+,8-,9+,10+/m0/s1. The van der Waals surface area contributed by atoms with Crippen molar-refractivity contribution in [3.63, 3.8) is 0 Å². The first-order chi connectivity index (χ1) is 5.36. The van der Waals surface area contributed by atoms with E-state index < -0.39 is 0 Å². The van der Waals surface area contributed by atoms with Gasteiger partial charge in [-0.05, 0) is 42.9 Å². The Hall–Kier alpha value is -0.300. The Kier molecular flexibility index (Phi) is 1.07. The lowest BCUT2D eigenvalue weighted by atomic mass is 9.85. The van der Waals surface area contributed by atoms with E-state index in [1.807, 2.05) is 0 Å². The summed E-state index contributed by atoms with van der Waals surface area (Å²) in [6.45, 7) is 0. The predicted octanol–water partition coefficient (Wildman–Crippen LogP) is 1.58. The van der Waals surface area contributed by atoms with Crippen molar-refractivity contribution < 1.29 is 5.11 Å². The van der Waals surface area contributed by atoms with Crippen molar-refractivity contribution in [3.8, 4) is 0 Å². The molecule has 60 valence electrons. The molecule has 1 nitrogen and oxygen atoms in total. The third-order valence-electron chi connectivity index (χ3n) is 3.93. The van der Waals surface area contributed by atoms with Gasteiger partial charge in [0.05, 0.1) is 6.10 Å². The second-order valence-electron chi connectivity index (χ2n) is 4.33. The van der Waals surface area contributed by atoms with E-state index in [-0.39, 0.29) is 6.10 Å². The van der Waals surface area contributed by atoms with Gasteiger partial charge < -0.3 is 5.11 Å². The summed E-state index contributed by atoms with van der Waals surface area (Å²) in [5.74, 6) is 3.06. The van der Waals surface area contributed by atoms with E-state index in [1.165, 1.54) is 12.8 Å². The van der Waals surface area contributed by atoms with Crippen molar-refractivity contribution in [1.29, 1.82) is 0 Å². The van der Waals surface area contributed by atoms with Crippen LogP contribution in [0.4, 0.5) is 0 Å². The first-order valence-corrected chi connectivity index (χ1v) is 4.72. The van der Waals surface area contributed by atoms with Gasteiger partial charge in [-0.15, -0.1) is 0 Å². The summed E-state index contributed by atoms with van der Waals surface area (Å²) in [5.41, 5.74) is 0. The molecule has 0 amide bonds. The van der Waals surface area contributed by atoms with Crippen LogP contribution in [-0.2, 0) is 0 Å². The predicted molar refractivity (Wildman–Crippen MR) is 43.0 cm³/mol. The molecule has 2 saturated carbocycles. The maximum absolute atomic E-state index is 9.69. The van der Waals surface area contributed by atoms with Gasteiger partial charge in [-0.2, -0.15) is 0 Å². The van der Waals surface area contributed by atoms with Crippen molar-refractivity contribution in [2.24, 2.45) is 23.7 Å². The molecule has 2 fully saturated rings. The van der Waals surface area contributed by atoms with Crippen LogP contribution in [0.2, 0.25) is 0 Å². The molecular formula is C10H14O. The van der Waals surface area contributed by atoms with Crippen LogP contribution in [-0.4, -0.2) is 11.2 Å². The lowest BCUT2D eigenvalue weighted by Crippen LogP contribution is -2.22. The average Bonchev–Trinajstić information content (AvgIpc) is 2.60. The number of allylic oxidation sites excluding steroid dienone is 2. The summed E-state index contributed by atoms with van der Waals surface area (Å²) in [7, 11) is 0. The van der Waals surface area contributed by atoms with Crippen molar-refractivity contribution >= 4 is 0 Å². The molecule has 1 N–H and O–H groups in total. The molecule has 0 aliphatic heterocycles. The van der Waals surface area contributed by atoms with Crippen molar-refractivity contribution in [3.05, 3.63) is 12.2 Å². The molecule has 0 radical (unpaired) electrons. The zero-order chi connectivity index (χ0) is 7.42. The van der Waals surface area contributed by atoms with Crippen LogP contribution < -0.4 is 0 Å². The third-order valence-corrected chi connectivity index (χ3v) is 3.93. The molecule has 2 bridgehead atoms. The highest BCUT2D eigenvalue weighted by Crippen LogP contribution is 2.55. The maximum Gasteiger partial charge on any atom is 0.0577 e. The van der Waals surface area contributed by atoms with Gasteiger partial charge in [-0.25, -0.2) is 0 Å². The number of rotatable bonds is 0. The molecule has 0 saturated heterocycles.